The second-order valence-corrected chi connectivity index (χ2v) is 7.18. The van der Waals surface area contributed by atoms with Gasteiger partial charge in [0.25, 0.3) is 0 Å². The Bertz CT molecular complexity index is 693. The van der Waals surface area contributed by atoms with Crippen molar-refractivity contribution < 1.29 is 4.79 Å². The van der Waals surface area contributed by atoms with E-state index >= 15 is 0 Å². The smallest absolute Gasteiger partial charge is 0.243 e. The molecule has 1 aliphatic rings. The monoisotopic (exact) mass is 309 g/mol. The van der Waals surface area contributed by atoms with E-state index in [2.05, 4.69) is 60.5 Å². The van der Waals surface area contributed by atoms with Crippen molar-refractivity contribution in [2.45, 2.75) is 38.5 Å². The molecule has 23 heavy (non-hydrogen) atoms. The van der Waals surface area contributed by atoms with Gasteiger partial charge in [-0.05, 0) is 41.0 Å². The summed E-state index contributed by atoms with van der Waals surface area (Å²) in [5.74, 6) is 0.360. The van der Waals surface area contributed by atoms with Gasteiger partial charge < -0.3 is 4.98 Å². The van der Waals surface area contributed by atoms with E-state index in [0.717, 1.165) is 12.1 Å². The Morgan fingerprint density at radius 3 is 2.61 bits per heavy atom. The molecule has 4 heteroatoms. The number of hydrogen-bond acceptors (Lipinski definition) is 2. The van der Waals surface area contributed by atoms with Crippen molar-refractivity contribution in [1.82, 2.24) is 10.4 Å². The van der Waals surface area contributed by atoms with Crippen LogP contribution in [0, 0.1) is 5.92 Å². The summed E-state index contributed by atoms with van der Waals surface area (Å²) < 4.78 is 0. The number of benzene rings is 1. The number of hydrogen-bond donors (Lipinski definition) is 2. The van der Waals surface area contributed by atoms with Crippen LogP contribution in [0.4, 0.5) is 0 Å². The molecular formula is C19H23N3O. The molecule has 0 radical (unpaired) electrons. The number of aromatic amines is 1. The minimum Gasteiger partial charge on any atom is -0.360 e. The fraction of sp³-hybridized carbons (Fsp3) is 0.368. The van der Waals surface area contributed by atoms with Gasteiger partial charge >= 0.3 is 0 Å². The SMILES string of the molecule is CC(C)(C)c1ccc([C@H]2C[C@@H]2C(=O)N/N=C/c2ccc[nH]2)cc1. The van der Waals surface area contributed by atoms with Crippen molar-refractivity contribution in [2.24, 2.45) is 11.0 Å². The van der Waals surface area contributed by atoms with Crippen molar-refractivity contribution in [3.63, 3.8) is 0 Å². The van der Waals surface area contributed by atoms with E-state index in [1.807, 2.05) is 18.3 Å². The molecule has 0 saturated heterocycles. The second-order valence-electron chi connectivity index (χ2n) is 7.18. The molecule has 1 aliphatic carbocycles. The Labute approximate surface area is 137 Å². The number of carbonyl (C=O) groups is 1. The average Bonchev–Trinajstić information content (AvgIpc) is 3.15. The molecule has 1 fully saturated rings. The summed E-state index contributed by atoms with van der Waals surface area (Å²) in [7, 11) is 0. The molecule has 2 aromatic rings. The van der Waals surface area contributed by atoms with E-state index in [0.29, 0.717) is 5.92 Å². The first-order valence-corrected chi connectivity index (χ1v) is 8.02. The third-order valence-corrected chi connectivity index (χ3v) is 4.33. The quantitative estimate of drug-likeness (QED) is 0.658. The Morgan fingerprint density at radius 1 is 1.26 bits per heavy atom. The standard InChI is InChI=1S/C19H23N3O/c1-19(2,3)14-8-6-13(7-9-14)16-11-17(16)18(23)22-21-12-15-5-4-10-20-15/h4-10,12,16-17,20H,11H2,1-3H3,(H,22,23)/b21-12+/t16-,17+/m1/s1. The summed E-state index contributed by atoms with van der Waals surface area (Å²) >= 11 is 0. The Balaban J connectivity index is 1.55. The van der Waals surface area contributed by atoms with Gasteiger partial charge in [0.1, 0.15) is 0 Å². The van der Waals surface area contributed by atoms with Crippen LogP contribution in [0.2, 0.25) is 0 Å². The van der Waals surface area contributed by atoms with Crippen LogP contribution in [-0.4, -0.2) is 17.1 Å². The number of nitrogens with one attached hydrogen (secondary N) is 2. The van der Waals surface area contributed by atoms with Crippen LogP contribution in [0.3, 0.4) is 0 Å². The van der Waals surface area contributed by atoms with Crippen LogP contribution in [0.1, 0.15) is 49.9 Å². The molecule has 1 amide bonds. The predicted octanol–water partition coefficient (Wildman–Crippen LogP) is 3.57. The fourth-order valence-electron chi connectivity index (χ4n) is 2.76. The highest BCUT2D eigenvalue weighted by molar-refractivity contribution is 5.84. The molecule has 1 aromatic carbocycles. The summed E-state index contributed by atoms with van der Waals surface area (Å²) in [6.45, 7) is 6.62. The summed E-state index contributed by atoms with van der Waals surface area (Å²) in [6.07, 6.45) is 4.34. The Morgan fingerprint density at radius 2 is 2.00 bits per heavy atom. The fourth-order valence-corrected chi connectivity index (χ4v) is 2.76. The van der Waals surface area contributed by atoms with Gasteiger partial charge in [0, 0.05) is 12.1 Å². The lowest BCUT2D eigenvalue weighted by atomic mass is 9.86. The average molecular weight is 309 g/mol. The summed E-state index contributed by atoms with van der Waals surface area (Å²) in [5, 5.41) is 3.99. The lowest BCUT2D eigenvalue weighted by Gasteiger charge is -2.19. The van der Waals surface area contributed by atoms with E-state index in [9.17, 15) is 4.79 Å². The zero-order valence-electron chi connectivity index (χ0n) is 13.8. The zero-order chi connectivity index (χ0) is 16.4. The number of nitrogens with zero attached hydrogens (tertiary/aromatic N) is 1. The number of rotatable bonds is 4. The highest BCUT2D eigenvalue weighted by atomic mass is 16.2. The van der Waals surface area contributed by atoms with Crippen molar-refractivity contribution in [3.8, 4) is 0 Å². The maximum Gasteiger partial charge on any atom is 0.243 e. The number of hydrazone groups is 1. The minimum absolute atomic E-state index is 0.00213. The number of amides is 1. The van der Waals surface area contributed by atoms with E-state index in [1.165, 1.54) is 11.1 Å². The van der Waals surface area contributed by atoms with Crippen molar-refractivity contribution in [2.75, 3.05) is 0 Å². The third kappa shape index (κ3) is 3.70. The van der Waals surface area contributed by atoms with Crippen LogP contribution >= 0.6 is 0 Å². The topological polar surface area (TPSA) is 57.2 Å². The molecule has 3 rings (SSSR count). The lowest BCUT2D eigenvalue weighted by Crippen LogP contribution is -2.20. The molecule has 2 N–H and O–H groups in total. The van der Waals surface area contributed by atoms with Crippen LogP contribution in [0.25, 0.3) is 0 Å². The van der Waals surface area contributed by atoms with Gasteiger partial charge in [-0.3, -0.25) is 4.79 Å². The van der Waals surface area contributed by atoms with Gasteiger partial charge in [-0.25, -0.2) is 5.43 Å². The largest absolute Gasteiger partial charge is 0.360 e. The number of carbonyl (C=O) groups excluding carboxylic acids is 1. The van der Waals surface area contributed by atoms with Crippen molar-refractivity contribution in [1.29, 1.82) is 0 Å². The predicted molar refractivity (Wildman–Crippen MR) is 92.5 cm³/mol. The van der Waals surface area contributed by atoms with Gasteiger partial charge in [0.05, 0.1) is 11.9 Å². The normalized spacial score (nSPS) is 20.7. The van der Waals surface area contributed by atoms with Crippen LogP contribution < -0.4 is 5.43 Å². The van der Waals surface area contributed by atoms with E-state index in [4.69, 9.17) is 0 Å². The van der Waals surface area contributed by atoms with Gasteiger partial charge in [-0.15, -0.1) is 0 Å². The molecule has 2 atom stereocenters. The Kier molecular flexibility index (Phi) is 4.07. The van der Waals surface area contributed by atoms with E-state index in [-0.39, 0.29) is 17.2 Å². The molecule has 4 nitrogen and oxygen atoms in total. The summed E-state index contributed by atoms with van der Waals surface area (Å²) in [4.78, 5) is 15.1. The first-order valence-electron chi connectivity index (χ1n) is 8.02. The van der Waals surface area contributed by atoms with Gasteiger partial charge in [0.2, 0.25) is 5.91 Å². The molecular weight excluding hydrogens is 286 g/mol. The molecule has 0 aliphatic heterocycles. The first-order chi connectivity index (χ1) is 10.9. The molecule has 0 spiro atoms. The van der Waals surface area contributed by atoms with Crippen LogP contribution in [-0.2, 0) is 10.2 Å². The lowest BCUT2D eigenvalue weighted by molar-refractivity contribution is -0.122. The van der Waals surface area contributed by atoms with Gasteiger partial charge in [-0.2, -0.15) is 5.10 Å². The molecule has 120 valence electrons. The minimum atomic E-state index is -0.00213. The first kappa shape index (κ1) is 15.5. The second kappa shape index (κ2) is 6.03. The van der Waals surface area contributed by atoms with Crippen molar-refractivity contribution >= 4 is 12.1 Å². The number of H-pyrrole nitrogens is 1. The van der Waals surface area contributed by atoms with Gasteiger partial charge in [-0.1, -0.05) is 45.0 Å². The maximum absolute atomic E-state index is 12.1. The van der Waals surface area contributed by atoms with Crippen LogP contribution in [0.15, 0.2) is 47.7 Å². The summed E-state index contributed by atoms with van der Waals surface area (Å²) in [5.41, 5.74) is 6.22. The highest BCUT2D eigenvalue weighted by Gasteiger charge is 2.43. The maximum atomic E-state index is 12.1. The molecule has 1 aromatic heterocycles. The molecule has 1 saturated carbocycles. The Hall–Kier alpha value is -2.36. The zero-order valence-corrected chi connectivity index (χ0v) is 13.8. The molecule has 1 heterocycles. The summed E-state index contributed by atoms with van der Waals surface area (Å²) in [6, 6.07) is 12.4. The molecule has 0 bridgehead atoms. The molecule has 0 unspecified atom stereocenters. The van der Waals surface area contributed by atoms with E-state index in [1.54, 1.807) is 6.21 Å². The highest BCUT2D eigenvalue weighted by Crippen LogP contribution is 2.47. The van der Waals surface area contributed by atoms with E-state index < -0.39 is 0 Å². The van der Waals surface area contributed by atoms with Gasteiger partial charge in [0.15, 0.2) is 0 Å². The third-order valence-electron chi connectivity index (χ3n) is 4.33. The van der Waals surface area contributed by atoms with Crippen molar-refractivity contribution in [3.05, 3.63) is 59.4 Å². The number of aromatic nitrogens is 1. The van der Waals surface area contributed by atoms with Crippen LogP contribution in [0.5, 0.6) is 0 Å².